The van der Waals surface area contributed by atoms with E-state index >= 15 is 0 Å². The lowest BCUT2D eigenvalue weighted by atomic mass is 10.1. The van der Waals surface area contributed by atoms with Crippen molar-refractivity contribution in [2.45, 2.75) is 20.0 Å². The minimum atomic E-state index is -0.123. The maximum atomic E-state index is 12.1. The molecular formula is C21H28N2O3. The highest BCUT2D eigenvalue weighted by Crippen LogP contribution is 2.24. The molecule has 0 unspecified atom stereocenters. The molecule has 140 valence electrons. The maximum absolute atomic E-state index is 12.1. The molecular weight excluding hydrogens is 328 g/mol. The summed E-state index contributed by atoms with van der Waals surface area (Å²) in [6, 6.07) is 13.9. The summed E-state index contributed by atoms with van der Waals surface area (Å²) in [4.78, 5) is 14.5. The lowest BCUT2D eigenvalue weighted by Crippen LogP contribution is -2.48. The molecule has 1 aliphatic rings. The smallest absolute Gasteiger partial charge is 0.258 e. The topological polar surface area (TPSA) is 50.8 Å². The summed E-state index contributed by atoms with van der Waals surface area (Å²) in [7, 11) is 0. The van der Waals surface area contributed by atoms with E-state index in [2.05, 4.69) is 24.1 Å². The molecule has 0 radical (unpaired) electrons. The summed E-state index contributed by atoms with van der Waals surface area (Å²) in [5.74, 6) is 1.25. The van der Waals surface area contributed by atoms with Gasteiger partial charge in [-0.15, -0.1) is 0 Å². The lowest BCUT2D eigenvalue weighted by Gasteiger charge is -2.33. The van der Waals surface area contributed by atoms with Crippen molar-refractivity contribution in [1.29, 1.82) is 0 Å². The Hall–Kier alpha value is -2.11. The molecule has 0 aliphatic carbocycles. The fourth-order valence-corrected chi connectivity index (χ4v) is 3.33. The van der Waals surface area contributed by atoms with Crippen LogP contribution in [0.1, 0.15) is 13.8 Å². The number of carbonyl (C=O) groups is 1. The molecule has 1 saturated heterocycles. The summed E-state index contributed by atoms with van der Waals surface area (Å²) < 4.78 is 11.5. The van der Waals surface area contributed by atoms with Gasteiger partial charge in [0.15, 0.2) is 6.61 Å². The molecule has 5 nitrogen and oxygen atoms in total. The number of benzene rings is 2. The fraction of sp³-hybridized carbons (Fsp3) is 0.476. The van der Waals surface area contributed by atoms with Gasteiger partial charge in [0.05, 0.1) is 12.7 Å². The van der Waals surface area contributed by atoms with Gasteiger partial charge in [0.1, 0.15) is 5.75 Å². The molecule has 3 rings (SSSR count). The van der Waals surface area contributed by atoms with E-state index in [1.165, 1.54) is 0 Å². The Morgan fingerprint density at radius 3 is 2.92 bits per heavy atom. The molecule has 1 amide bonds. The molecule has 1 aliphatic heterocycles. The monoisotopic (exact) mass is 356 g/mol. The van der Waals surface area contributed by atoms with Gasteiger partial charge in [0.2, 0.25) is 0 Å². The summed E-state index contributed by atoms with van der Waals surface area (Å²) in [5, 5.41) is 5.05. The second kappa shape index (κ2) is 9.01. The molecule has 2 aromatic rings. The van der Waals surface area contributed by atoms with E-state index in [1.54, 1.807) is 0 Å². The highest BCUT2D eigenvalue weighted by molar-refractivity contribution is 5.88. The van der Waals surface area contributed by atoms with Crippen molar-refractivity contribution in [1.82, 2.24) is 10.2 Å². The van der Waals surface area contributed by atoms with Gasteiger partial charge in [-0.1, -0.05) is 50.2 Å². The Bertz CT molecular complexity index is 727. The van der Waals surface area contributed by atoms with E-state index < -0.39 is 0 Å². The zero-order valence-electron chi connectivity index (χ0n) is 15.6. The summed E-state index contributed by atoms with van der Waals surface area (Å²) in [6.07, 6.45) is 0.0454. The van der Waals surface area contributed by atoms with Crippen LogP contribution in [-0.4, -0.2) is 56.3 Å². The third kappa shape index (κ3) is 5.19. The number of nitrogens with one attached hydrogen (secondary N) is 1. The Kier molecular flexibility index (Phi) is 6.47. The van der Waals surface area contributed by atoms with Gasteiger partial charge in [-0.3, -0.25) is 9.69 Å². The number of amides is 1. The quantitative estimate of drug-likeness (QED) is 0.829. The molecule has 5 heteroatoms. The SMILES string of the molecule is CC(C)CN1CCO[C@@H](CNC(=O)COc2cccc3ccccc23)C1. The van der Waals surface area contributed by atoms with Crippen molar-refractivity contribution in [3.63, 3.8) is 0 Å². The molecule has 0 spiro atoms. The Morgan fingerprint density at radius 1 is 1.27 bits per heavy atom. The minimum Gasteiger partial charge on any atom is -0.483 e. The Balaban J connectivity index is 1.45. The first-order valence-electron chi connectivity index (χ1n) is 9.33. The predicted octanol–water partition coefficient (Wildman–Crippen LogP) is 2.69. The number of ether oxygens (including phenoxy) is 2. The van der Waals surface area contributed by atoms with Crippen LogP contribution in [0.2, 0.25) is 0 Å². The van der Waals surface area contributed by atoms with E-state index in [1.807, 2.05) is 42.5 Å². The van der Waals surface area contributed by atoms with E-state index in [0.717, 1.165) is 42.8 Å². The minimum absolute atomic E-state index is 0.0104. The van der Waals surface area contributed by atoms with Crippen molar-refractivity contribution in [3.8, 4) is 5.75 Å². The van der Waals surface area contributed by atoms with Crippen LogP contribution in [0.15, 0.2) is 42.5 Å². The number of fused-ring (bicyclic) bond motifs is 1. The van der Waals surface area contributed by atoms with Gasteiger partial charge in [-0.25, -0.2) is 0 Å². The third-order valence-corrected chi connectivity index (χ3v) is 4.48. The molecule has 1 fully saturated rings. The number of hydrogen-bond acceptors (Lipinski definition) is 4. The highest BCUT2D eigenvalue weighted by Gasteiger charge is 2.21. The Morgan fingerprint density at radius 2 is 2.08 bits per heavy atom. The van der Waals surface area contributed by atoms with Crippen LogP contribution < -0.4 is 10.1 Å². The summed E-state index contributed by atoms with van der Waals surface area (Å²) in [6.45, 7) is 8.59. The number of rotatable bonds is 7. The first-order chi connectivity index (χ1) is 12.6. The molecule has 26 heavy (non-hydrogen) atoms. The van der Waals surface area contributed by atoms with Crippen LogP contribution in [0.25, 0.3) is 10.8 Å². The van der Waals surface area contributed by atoms with Crippen molar-refractivity contribution in [3.05, 3.63) is 42.5 Å². The average molecular weight is 356 g/mol. The molecule has 1 atom stereocenters. The van der Waals surface area contributed by atoms with Crippen LogP contribution in [-0.2, 0) is 9.53 Å². The van der Waals surface area contributed by atoms with E-state index in [0.29, 0.717) is 12.5 Å². The first-order valence-corrected chi connectivity index (χ1v) is 9.33. The third-order valence-electron chi connectivity index (χ3n) is 4.48. The van der Waals surface area contributed by atoms with E-state index in [-0.39, 0.29) is 18.6 Å². The average Bonchev–Trinajstić information content (AvgIpc) is 2.64. The van der Waals surface area contributed by atoms with Gasteiger partial charge >= 0.3 is 0 Å². The zero-order chi connectivity index (χ0) is 18.4. The number of carbonyl (C=O) groups excluding carboxylic acids is 1. The maximum Gasteiger partial charge on any atom is 0.258 e. The lowest BCUT2D eigenvalue weighted by molar-refractivity contribution is -0.124. The van der Waals surface area contributed by atoms with Crippen LogP contribution in [0, 0.1) is 5.92 Å². The second-order valence-electron chi connectivity index (χ2n) is 7.22. The molecule has 1 N–H and O–H groups in total. The highest BCUT2D eigenvalue weighted by atomic mass is 16.5. The number of morpholine rings is 1. The van der Waals surface area contributed by atoms with Crippen LogP contribution in [0.5, 0.6) is 5.75 Å². The van der Waals surface area contributed by atoms with Crippen molar-refractivity contribution in [2.24, 2.45) is 5.92 Å². The number of nitrogens with zero attached hydrogens (tertiary/aromatic N) is 1. The summed E-state index contributed by atoms with van der Waals surface area (Å²) in [5.41, 5.74) is 0. The molecule has 2 aromatic carbocycles. The van der Waals surface area contributed by atoms with Gasteiger partial charge in [-0.2, -0.15) is 0 Å². The molecule has 0 bridgehead atoms. The largest absolute Gasteiger partial charge is 0.483 e. The first kappa shape index (κ1) is 18.7. The van der Waals surface area contributed by atoms with Gasteiger partial charge < -0.3 is 14.8 Å². The van der Waals surface area contributed by atoms with E-state index in [9.17, 15) is 4.79 Å². The predicted molar refractivity (Wildman–Crippen MR) is 103 cm³/mol. The van der Waals surface area contributed by atoms with Gasteiger partial charge in [0, 0.05) is 31.6 Å². The van der Waals surface area contributed by atoms with Crippen LogP contribution >= 0.6 is 0 Å². The van der Waals surface area contributed by atoms with Crippen LogP contribution in [0.3, 0.4) is 0 Å². The normalized spacial score (nSPS) is 18.2. The van der Waals surface area contributed by atoms with Gasteiger partial charge in [0.25, 0.3) is 5.91 Å². The molecule has 0 aromatic heterocycles. The van der Waals surface area contributed by atoms with Crippen molar-refractivity contribution >= 4 is 16.7 Å². The van der Waals surface area contributed by atoms with Crippen molar-refractivity contribution < 1.29 is 14.3 Å². The Labute approximate surface area is 155 Å². The fourth-order valence-electron chi connectivity index (χ4n) is 3.33. The molecule has 0 saturated carbocycles. The number of hydrogen-bond donors (Lipinski definition) is 1. The van der Waals surface area contributed by atoms with Crippen molar-refractivity contribution in [2.75, 3.05) is 39.4 Å². The second-order valence-corrected chi connectivity index (χ2v) is 7.22. The molecule has 1 heterocycles. The summed E-state index contributed by atoms with van der Waals surface area (Å²) >= 11 is 0. The van der Waals surface area contributed by atoms with E-state index in [4.69, 9.17) is 9.47 Å². The van der Waals surface area contributed by atoms with Gasteiger partial charge in [-0.05, 0) is 17.4 Å². The zero-order valence-corrected chi connectivity index (χ0v) is 15.6. The standard InChI is InChI=1S/C21H28N2O3/c1-16(2)13-23-10-11-25-18(14-23)12-22-21(24)15-26-20-9-5-7-17-6-3-4-8-19(17)20/h3-9,16,18H,10-15H2,1-2H3,(H,22,24)/t18-/m0/s1. The van der Waals surface area contributed by atoms with Crippen LogP contribution in [0.4, 0.5) is 0 Å².